The van der Waals surface area contributed by atoms with Crippen molar-refractivity contribution in [2.24, 2.45) is 0 Å². The molecule has 0 saturated carbocycles. The van der Waals surface area contributed by atoms with E-state index >= 15 is 0 Å². The molecule has 2 atom stereocenters. The Kier molecular flexibility index (Phi) is 6.89. The number of phenols is 1. The van der Waals surface area contributed by atoms with Gasteiger partial charge in [-0.3, -0.25) is 4.79 Å². The number of hydrogen-bond donors (Lipinski definition) is 3. The van der Waals surface area contributed by atoms with Gasteiger partial charge in [0, 0.05) is 24.7 Å². The molecule has 2 aliphatic heterocycles. The summed E-state index contributed by atoms with van der Waals surface area (Å²) in [5, 5.41) is 15.3. The van der Waals surface area contributed by atoms with Crippen molar-refractivity contribution in [3.8, 4) is 17.4 Å². The van der Waals surface area contributed by atoms with Crippen LogP contribution in [0, 0.1) is 11.6 Å². The second kappa shape index (κ2) is 10.4. The van der Waals surface area contributed by atoms with Gasteiger partial charge in [-0.05, 0) is 73.7 Å². The number of nitrogens with one attached hydrogen (secondary N) is 2. The van der Waals surface area contributed by atoms with Crippen LogP contribution >= 0.6 is 0 Å². The number of urea groups is 1. The Bertz CT molecular complexity index is 1270. The maximum Gasteiger partial charge on any atom is 0.318 e. The van der Waals surface area contributed by atoms with E-state index in [4.69, 9.17) is 4.74 Å². The number of hydrogen-bond acceptors (Lipinski definition) is 5. The highest BCUT2D eigenvalue weighted by molar-refractivity contribution is 5.96. The van der Waals surface area contributed by atoms with Gasteiger partial charge in [-0.25, -0.2) is 18.6 Å². The SMILES string of the molecule is O=C(NC1CC2CCC(C1)N2C(=O)NCc1ccc(O)cc1)c1cc(F)cnc1Oc1ccc(F)cc1. The van der Waals surface area contributed by atoms with Gasteiger partial charge in [0.25, 0.3) is 5.91 Å². The molecule has 10 heteroatoms. The molecule has 37 heavy (non-hydrogen) atoms. The first-order valence-electron chi connectivity index (χ1n) is 12.1. The Morgan fingerprint density at radius 2 is 1.68 bits per heavy atom. The minimum atomic E-state index is -0.684. The lowest BCUT2D eigenvalue weighted by molar-refractivity contribution is 0.0881. The normalized spacial score (nSPS) is 20.4. The van der Waals surface area contributed by atoms with Gasteiger partial charge in [-0.1, -0.05) is 12.1 Å². The van der Waals surface area contributed by atoms with Crippen molar-refractivity contribution in [2.45, 2.75) is 50.4 Å². The molecule has 8 nitrogen and oxygen atoms in total. The second-order valence-electron chi connectivity index (χ2n) is 9.32. The molecule has 3 heterocycles. The first-order valence-corrected chi connectivity index (χ1v) is 12.1. The molecular weight excluding hydrogens is 482 g/mol. The lowest BCUT2D eigenvalue weighted by atomic mass is 9.97. The molecule has 3 amide bonds. The standard InChI is InChI=1S/C27H26F2N4O4/c28-17-3-9-23(10-4-17)37-26-24(11-18(29)15-30-26)25(35)32-19-12-20-5-6-21(13-19)33(20)27(36)31-14-16-1-7-22(34)8-2-16/h1-4,7-11,15,19-21,34H,5-6,12-14H2,(H,31,36)(H,32,35). The highest BCUT2D eigenvalue weighted by Gasteiger charge is 2.43. The van der Waals surface area contributed by atoms with E-state index in [-0.39, 0.29) is 47.1 Å². The fourth-order valence-corrected chi connectivity index (χ4v) is 5.06. The summed E-state index contributed by atoms with van der Waals surface area (Å²) in [6, 6.07) is 12.5. The number of amides is 3. The van der Waals surface area contributed by atoms with Crippen molar-refractivity contribution in [3.05, 3.63) is 83.6 Å². The molecular formula is C27H26F2N4O4. The summed E-state index contributed by atoms with van der Waals surface area (Å²) in [6.45, 7) is 0.346. The molecule has 2 bridgehead atoms. The zero-order chi connectivity index (χ0) is 25.9. The van der Waals surface area contributed by atoms with E-state index in [1.54, 1.807) is 24.3 Å². The van der Waals surface area contributed by atoms with Gasteiger partial charge in [0.1, 0.15) is 28.7 Å². The monoisotopic (exact) mass is 508 g/mol. The van der Waals surface area contributed by atoms with Crippen LogP contribution in [0.25, 0.3) is 0 Å². The van der Waals surface area contributed by atoms with Gasteiger partial charge in [0.2, 0.25) is 5.88 Å². The van der Waals surface area contributed by atoms with Gasteiger partial charge < -0.3 is 25.4 Å². The van der Waals surface area contributed by atoms with Crippen LogP contribution < -0.4 is 15.4 Å². The van der Waals surface area contributed by atoms with Gasteiger partial charge >= 0.3 is 6.03 Å². The fourth-order valence-electron chi connectivity index (χ4n) is 5.06. The molecule has 2 fully saturated rings. The Balaban J connectivity index is 1.21. The van der Waals surface area contributed by atoms with E-state index in [0.717, 1.165) is 30.7 Å². The average Bonchev–Trinajstić information content (AvgIpc) is 3.16. The molecule has 2 saturated heterocycles. The van der Waals surface area contributed by atoms with Gasteiger partial charge in [0.05, 0.1) is 6.20 Å². The molecule has 3 N–H and O–H groups in total. The van der Waals surface area contributed by atoms with Crippen molar-refractivity contribution in [3.63, 3.8) is 0 Å². The number of carbonyl (C=O) groups is 2. The summed E-state index contributed by atoms with van der Waals surface area (Å²) < 4.78 is 32.8. The molecule has 2 aliphatic rings. The van der Waals surface area contributed by atoms with E-state index in [9.17, 15) is 23.5 Å². The van der Waals surface area contributed by atoms with Crippen LogP contribution in [-0.2, 0) is 6.54 Å². The number of phenolic OH excluding ortho intramolecular Hbond substituents is 1. The maximum absolute atomic E-state index is 14.0. The van der Waals surface area contributed by atoms with Crippen LogP contribution in [0.3, 0.4) is 0 Å². The molecule has 1 aromatic heterocycles. The summed E-state index contributed by atoms with van der Waals surface area (Å²) in [5.41, 5.74) is 0.814. The van der Waals surface area contributed by atoms with Gasteiger partial charge in [-0.15, -0.1) is 0 Å². The quantitative estimate of drug-likeness (QED) is 0.455. The van der Waals surface area contributed by atoms with Crippen molar-refractivity contribution < 1.29 is 28.2 Å². The molecule has 5 rings (SSSR count). The van der Waals surface area contributed by atoms with Gasteiger partial charge in [0.15, 0.2) is 0 Å². The van der Waals surface area contributed by atoms with E-state index in [2.05, 4.69) is 15.6 Å². The number of pyridine rings is 1. The molecule has 0 spiro atoms. The first kappa shape index (κ1) is 24.5. The minimum absolute atomic E-state index is 0.0237. The molecule has 2 unspecified atom stereocenters. The van der Waals surface area contributed by atoms with E-state index in [1.807, 2.05) is 4.90 Å². The summed E-state index contributed by atoms with van der Waals surface area (Å²) >= 11 is 0. The number of aromatic hydroxyl groups is 1. The molecule has 2 aromatic carbocycles. The molecule has 0 radical (unpaired) electrons. The number of rotatable bonds is 6. The van der Waals surface area contributed by atoms with Crippen LogP contribution in [0.5, 0.6) is 17.4 Å². The predicted molar refractivity (Wildman–Crippen MR) is 130 cm³/mol. The smallest absolute Gasteiger partial charge is 0.318 e. The summed E-state index contributed by atoms with van der Waals surface area (Å²) in [6.07, 6.45) is 3.77. The van der Waals surface area contributed by atoms with Crippen molar-refractivity contribution in [1.82, 2.24) is 20.5 Å². The van der Waals surface area contributed by atoms with E-state index in [1.165, 1.54) is 24.3 Å². The Hall–Kier alpha value is -4.21. The van der Waals surface area contributed by atoms with Crippen LogP contribution in [0.2, 0.25) is 0 Å². The second-order valence-corrected chi connectivity index (χ2v) is 9.32. The number of ether oxygens (including phenoxy) is 1. The molecule has 0 aliphatic carbocycles. The summed E-state index contributed by atoms with van der Waals surface area (Å²) in [5.74, 6) is -1.30. The fraction of sp³-hybridized carbons (Fsp3) is 0.296. The largest absolute Gasteiger partial charge is 0.508 e. The number of aromatic nitrogens is 1. The highest BCUT2D eigenvalue weighted by atomic mass is 19.1. The number of benzene rings is 2. The van der Waals surface area contributed by atoms with Gasteiger partial charge in [-0.2, -0.15) is 0 Å². The third kappa shape index (κ3) is 5.63. The highest BCUT2D eigenvalue weighted by Crippen LogP contribution is 2.36. The number of piperidine rings is 1. The zero-order valence-corrected chi connectivity index (χ0v) is 19.9. The van der Waals surface area contributed by atoms with Crippen LogP contribution in [0.1, 0.15) is 41.6 Å². The van der Waals surface area contributed by atoms with Crippen molar-refractivity contribution >= 4 is 11.9 Å². The number of nitrogens with zero attached hydrogens (tertiary/aromatic N) is 2. The molecule has 3 aromatic rings. The Morgan fingerprint density at radius 1 is 1.00 bits per heavy atom. The summed E-state index contributed by atoms with van der Waals surface area (Å²) in [4.78, 5) is 31.8. The van der Waals surface area contributed by atoms with Crippen LogP contribution in [0.15, 0.2) is 60.8 Å². The van der Waals surface area contributed by atoms with E-state index < -0.39 is 17.5 Å². The number of fused-ring (bicyclic) bond motifs is 2. The third-order valence-electron chi connectivity index (χ3n) is 6.77. The topological polar surface area (TPSA) is 104 Å². The average molecular weight is 509 g/mol. The van der Waals surface area contributed by atoms with Crippen molar-refractivity contribution in [2.75, 3.05) is 0 Å². The van der Waals surface area contributed by atoms with E-state index in [0.29, 0.717) is 19.4 Å². The van der Waals surface area contributed by atoms with Crippen LogP contribution in [-0.4, -0.2) is 45.1 Å². The zero-order valence-electron chi connectivity index (χ0n) is 19.9. The summed E-state index contributed by atoms with van der Waals surface area (Å²) in [7, 11) is 0. The lowest BCUT2D eigenvalue weighted by Gasteiger charge is -2.39. The maximum atomic E-state index is 14.0. The lowest BCUT2D eigenvalue weighted by Crippen LogP contribution is -2.54. The van der Waals surface area contributed by atoms with Crippen LogP contribution in [0.4, 0.5) is 13.6 Å². The third-order valence-corrected chi connectivity index (χ3v) is 6.77. The van der Waals surface area contributed by atoms with Crippen molar-refractivity contribution in [1.29, 1.82) is 0 Å². The Morgan fingerprint density at radius 3 is 2.35 bits per heavy atom. The predicted octanol–water partition coefficient (Wildman–Crippen LogP) is 4.49. The first-order chi connectivity index (χ1) is 17.9. The molecule has 192 valence electrons. The number of carbonyl (C=O) groups excluding carboxylic acids is 2. The number of halogens is 2. The minimum Gasteiger partial charge on any atom is -0.508 e. The Labute approximate surface area is 212 Å².